The molecule has 0 unspecified atom stereocenters. The summed E-state index contributed by atoms with van der Waals surface area (Å²) in [6, 6.07) is 64.5. The van der Waals surface area contributed by atoms with E-state index in [4.69, 9.17) is 0 Å². The van der Waals surface area contributed by atoms with Gasteiger partial charge >= 0.3 is 0 Å². The molecule has 0 saturated carbocycles. The van der Waals surface area contributed by atoms with Crippen LogP contribution < -0.4 is 51.0 Å². The van der Waals surface area contributed by atoms with Crippen molar-refractivity contribution in [1.29, 1.82) is 0 Å². The highest BCUT2D eigenvalue weighted by molar-refractivity contribution is 8.00. The molecule has 0 fully saturated rings. The van der Waals surface area contributed by atoms with Crippen molar-refractivity contribution < 1.29 is 0 Å². The van der Waals surface area contributed by atoms with Crippen LogP contribution >= 0.6 is 34.9 Å². The van der Waals surface area contributed by atoms with E-state index in [9.17, 15) is 0 Å². The fourth-order valence-corrected chi connectivity index (χ4v) is 16.3. The Morgan fingerprint density at radius 1 is 0.333 bits per heavy atom. The van der Waals surface area contributed by atoms with Crippen molar-refractivity contribution in [2.75, 3.05) is 19.6 Å². The van der Waals surface area contributed by atoms with Gasteiger partial charge in [0, 0.05) is 51.9 Å². The van der Waals surface area contributed by atoms with Crippen LogP contribution in [-0.4, -0.2) is 13.4 Å². The lowest BCUT2D eigenvalue weighted by atomic mass is 9.35. The van der Waals surface area contributed by atoms with Crippen molar-refractivity contribution in [3.05, 3.63) is 170 Å². The van der Waals surface area contributed by atoms with Gasteiger partial charge in [-0.1, -0.05) is 133 Å². The number of para-hydroxylation sites is 4. The van der Waals surface area contributed by atoms with E-state index >= 15 is 0 Å². The summed E-state index contributed by atoms with van der Waals surface area (Å²) in [6.45, 7) is 0.113. The molecule has 9 heteroatoms. The normalized spacial score (nSPS) is 15.3. The smallest absolute Gasteiger partial charge is 0.264 e. The van der Waals surface area contributed by atoms with E-state index in [0.29, 0.717) is 0 Å². The highest BCUT2D eigenvalue weighted by Gasteiger charge is 2.55. The van der Waals surface area contributed by atoms with Crippen LogP contribution in [0.4, 0.5) is 68.2 Å². The summed E-state index contributed by atoms with van der Waals surface area (Å²) in [5.41, 5.74) is 21.0. The number of benzene rings is 9. The van der Waals surface area contributed by atoms with E-state index < -0.39 is 0 Å². The molecule has 0 spiro atoms. The molecule has 0 saturated heterocycles. The minimum Gasteiger partial charge on any atom is -0.309 e. The molecule has 0 aliphatic carbocycles. The zero-order valence-electron chi connectivity index (χ0n) is 33.3. The van der Waals surface area contributed by atoms with Gasteiger partial charge in [-0.05, 0) is 104 Å². The number of anilines is 12. The second kappa shape index (κ2) is 11.2. The van der Waals surface area contributed by atoms with E-state index in [1.54, 1.807) is 0 Å². The lowest BCUT2D eigenvalue weighted by Gasteiger charge is -2.50. The molecule has 17 rings (SSSR count). The Balaban J connectivity index is 1.02. The first-order valence-electron chi connectivity index (χ1n) is 21.7. The summed E-state index contributed by atoms with van der Waals surface area (Å²) in [5.74, 6) is 0. The quantitative estimate of drug-likeness (QED) is 0.140. The summed E-state index contributed by atoms with van der Waals surface area (Å²) in [4.78, 5) is 15.8. The van der Waals surface area contributed by atoms with Crippen molar-refractivity contribution in [2.45, 2.75) is 19.6 Å². The molecule has 7 aliphatic rings. The van der Waals surface area contributed by atoms with Crippen LogP contribution in [0.25, 0.3) is 21.5 Å². The zero-order chi connectivity index (χ0) is 40.4. The first kappa shape index (κ1) is 32.9. The van der Waals surface area contributed by atoms with Crippen molar-refractivity contribution in [3.8, 4) is 0 Å². The van der Waals surface area contributed by atoms with E-state index in [0.717, 1.165) is 0 Å². The maximum atomic E-state index is 2.65. The average molecular weight is 851 g/mol. The van der Waals surface area contributed by atoms with E-state index in [1.807, 2.05) is 23.5 Å². The molecular formula is C54H28B2N4S3. The maximum Gasteiger partial charge on any atom is 0.264 e. The van der Waals surface area contributed by atoms with Gasteiger partial charge in [0.2, 0.25) is 0 Å². The third-order valence-corrected chi connectivity index (χ3v) is 18.3. The molecule has 0 atom stereocenters. The molecule has 7 aliphatic heterocycles. The third kappa shape index (κ3) is 3.75. The van der Waals surface area contributed by atoms with Gasteiger partial charge in [-0.2, -0.15) is 11.3 Å². The molecule has 1 aromatic heterocycles. The highest BCUT2D eigenvalue weighted by Crippen LogP contribution is 2.61. The number of hydrogen-bond acceptors (Lipinski definition) is 7. The Morgan fingerprint density at radius 3 is 1.16 bits per heavy atom. The van der Waals surface area contributed by atoms with Crippen LogP contribution in [0.15, 0.2) is 189 Å². The van der Waals surface area contributed by atoms with E-state index in [-0.39, 0.29) is 13.4 Å². The fraction of sp³-hybridized carbons (Fsp3) is 0. The summed E-state index contributed by atoms with van der Waals surface area (Å²) >= 11 is 5.95. The van der Waals surface area contributed by atoms with Gasteiger partial charge in [0.15, 0.2) is 0 Å². The topological polar surface area (TPSA) is 13.0 Å². The molecule has 63 heavy (non-hydrogen) atoms. The first-order chi connectivity index (χ1) is 31.3. The summed E-state index contributed by atoms with van der Waals surface area (Å²) in [7, 11) is 0. The predicted octanol–water partition coefficient (Wildman–Crippen LogP) is 11.5. The van der Waals surface area contributed by atoms with Crippen LogP contribution in [0.5, 0.6) is 0 Å². The maximum absolute atomic E-state index is 2.65. The van der Waals surface area contributed by atoms with Gasteiger partial charge in [0.05, 0.1) is 45.5 Å². The van der Waals surface area contributed by atoms with Crippen molar-refractivity contribution >= 4 is 169 Å². The second-order valence-electron chi connectivity index (χ2n) is 17.5. The van der Waals surface area contributed by atoms with Crippen LogP contribution in [0.1, 0.15) is 0 Å². The molecule has 0 amide bonds. The Kier molecular flexibility index (Phi) is 5.86. The van der Waals surface area contributed by atoms with Gasteiger partial charge in [-0.25, -0.2) is 0 Å². The molecule has 0 N–H and O–H groups in total. The summed E-state index contributed by atoms with van der Waals surface area (Å²) in [6.07, 6.45) is 0. The molecular weight excluding hydrogens is 822 g/mol. The van der Waals surface area contributed by atoms with Crippen LogP contribution in [0.3, 0.4) is 0 Å². The molecule has 288 valence electrons. The van der Waals surface area contributed by atoms with Crippen molar-refractivity contribution in [3.63, 3.8) is 0 Å². The molecule has 10 aromatic rings. The lowest BCUT2D eigenvalue weighted by Crippen LogP contribution is -2.61. The molecule has 9 aromatic carbocycles. The minimum absolute atomic E-state index is 0.0567. The Hall–Kier alpha value is -6.77. The SMILES string of the molecule is c1ccc2c(c1)Sc1c3c(cc4ccccc14)B1c4sc5c6c4N(c4ccccc4N6c4cccc6c4B5c4cc5ccccc5c5c4N6c4ccccc4S5)c4cccc(c41)N23. The average Bonchev–Trinajstić information content (AvgIpc) is 3.73. The van der Waals surface area contributed by atoms with Crippen molar-refractivity contribution in [2.24, 2.45) is 0 Å². The largest absolute Gasteiger partial charge is 0.309 e. The Bertz CT molecular complexity index is 3600. The zero-order valence-corrected chi connectivity index (χ0v) is 35.8. The Morgan fingerprint density at radius 2 is 0.698 bits per heavy atom. The van der Waals surface area contributed by atoms with Crippen LogP contribution in [0, 0.1) is 0 Å². The van der Waals surface area contributed by atoms with Crippen LogP contribution in [-0.2, 0) is 0 Å². The summed E-state index contributed by atoms with van der Waals surface area (Å²) in [5, 5.41) is 5.24. The molecule has 8 heterocycles. The number of hydrogen-bond donors (Lipinski definition) is 0. The number of rotatable bonds is 0. The van der Waals surface area contributed by atoms with Crippen molar-refractivity contribution in [1.82, 2.24) is 0 Å². The van der Waals surface area contributed by atoms with E-state index in [1.165, 1.54) is 141 Å². The predicted molar refractivity (Wildman–Crippen MR) is 269 cm³/mol. The first-order valence-corrected chi connectivity index (χ1v) is 24.1. The second-order valence-corrected chi connectivity index (χ2v) is 20.7. The number of thiophene rings is 1. The van der Waals surface area contributed by atoms with Gasteiger partial charge in [0.25, 0.3) is 13.4 Å². The van der Waals surface area contributed by atoms with E-state index in [2.05, 4.69) is 201 Å². The third-order valence-electron chi connectivity index (χ3n) is 14.6. The molecule has 0 bridgehead atoms. The molecule has 0 radical (unpaired) electrons. The van der Waals surface area contributed by atoms with Gasteiger partial charge < -0.3 is 19.6 Å². The fourth-order valence-electron chi connectivity index (χ4n) is 12.3. The lowest BCUT2D eigenvalue weighted by molar-refractivity contribution is 1.16. The highest BCUT2D eigenvalue weighted by atomic mass is 32.2. The van der Waals surface area contributed by atoms with Gasteiger partial charge in [-0.15, -0.1) is 0 Å². The monoisotopic (exact) mass is 850 g/mol. The number of fused-ring (bicyclic) bond motifs is 19. The van der Waals surface area contributed by atoms with Gasteiger partial charge in [0.1, 0.15) is 0 Å². The van der Waals surface area contributed by atoms with Crippen LogP contribution in [0.2, 0.25) is 0 Å². The van der Waals surface area contributed by atoms with Gasteiger partial charge in [-0.3, -0.25) is 0 Å². The Labute approximate surface area is 376 Å². The minimum atomic E-state index is 0.0567. The standard InChI is InChI=1S/C54H28B2N4S3/c1-3-15-31-29(13-1)27-33-47-51(31)61-43-25-9-7-19-37(43)59(47)41-23-11-21-39-45(41)55(33)53-49-50-54(63-53)56-34-28-30-14-2-4-16-32(30)52-48(34)60(38-20-8-10-26-44(38)62-52)42-24-12-22-40(46(42)56)58(50)36-18-6-5-17-35(36)57(39)49/h1-28H. The summed E-state index contributed by atoms with van der Waals surface area (Å²) < 4.78 is 2.87. The molecule has 4 nitrogen and oxygen atoms in total. The number of nitrogens with zero attached hydrogens (tertiary/aromatic N) is 4.